The molecule has 0 fully saturated rings. The number of nitrogens with zero attached hydrogens (tertiary/aromatic N) is 2. The number of hydrogen-bond donors (Lipinski definition) is 1. The van der Waals surface area contributed by atoms with Crippen molar-refractivity contribution in [2.24, 2.45) is 5.73 Å². The topological polar surface area (TPSA) is 104 Å². The zero-order chi connectivity index (χ0) is 18.6. The third kappa shape index (κ3) is 4.39. The molecule has 132 valence electrons. The predicted octanol–water partition coefficient (Wildman–Crippen LogP) is 2.27. The van der Waals surface area contributed by atoms with Gasteiger partial charge < -0.3 is 15.2 Å². The molecule has 7 nitrogen and oxygen atoms in total. The van der Waals surface area contributed by atoms with Crippen molar-refractivity contribution in [3.63, 3.8) is 0 Å². The van der Waals surface area contributed by atoms with Crippen molar-refractivity contribution in [3.8, 4) is 11.3 Å². The van der Waals surface area contributed by atoms with Gasteiger partial charge in [-0.25, -0.2) is 14.6 Å². The molecule has 0 spiro atoms. The van der Waals surface area contributed by atoms with Gasteiger partial charge in [0.1, 0.15) is 17.3 Å². The maximum Gasteiger partial charge on any atom is 0.358 e. The molecule has 2 rings (SSSR count). The van der Waals surface area contributed by atoms with Crippen LogP contribution in [0.2, 0.25) is 0 Å². The summed E-state index contributed by atoms with van der Waals surface area (Å²) in [7, 11) is 1.26. The maximum absolute atomic E-state index is 12.3. The second kappa shape index (κ2) is 7.40. The highest BCUT2D eigenvalue weighted by Crippen LogP contribution is 2.29. The molecule has 2 N–H and O–H groups in total. The molecule has 0 saturated carbocycles. The first kappa shape index (κ1) is 18.5. The molecule has 0 aliphatic heterocycles. The van der Waals surface area contributed by atoms with E-state index >= 15 is 0 Å². The Morgan fingerprint density at radius 1 is 1.12 bits per heavy atom. The predicted molar refractivity (Wildman–Crippen MR) is 91.6 cm³/mol. The fourth-order valence-corrected chi connectivity index (χ4v) is 2.26. The van der Waals surface area contributed by atoms with Crippen molar-refractivity contribution in [1.29, 1.82) is 0 Å². The molecule has 25 heavy (non-hydrogen) atoms. The Hall–Kier alpha value is -2.80. The van der Waals surface area contributed by atoms with E-state index in [1.54, 1.807) is 45.0 Å². The molecule has 0 radical (unpaired) electrons. The van der Waals surface area contributed by atoms with Gasteiger partial charge in [-0.05, 0) is 26.3 Å². The Bertz CT molecular complexity index is 784. The number of hydrogen-bond acceptors (Lipinski definition) is 7. The van der Waals surface area contributed by atoms with E-state index in [-0.39, 0.29) is 5.69 Å². The van der Waals surface area contributed by atoms with Gasteiger partial charge in [-0.15, -0.1) is 0 Å². The average Bonchev–Trinajstić information content (AvgIpc) is 2.59. The molecule has 0 bridgehead atoms. The minimum atomic E-state index is -1.03. The van der Waals surface area contributed by atoms with Gasteiger partial charge in [0.25, 0.3) is 0 Å². The lowest BCUT2D eigenvalue weighted by atomic mass is 9.97. The number of methoxy groups -OCH3 is 1. The largest absolute Gasteiger partial charge is 0.464 e. The minimum absolute atomic E-state index is 0.0499. The number of aromatic nitrogens is 2. The van der Waals surface area contributed by atoms with Crippen LogP contribution in [0.3, 0.4) is 0 Å². The van der Waals surface area contributed by atoms with Gasteiger partial charge in [-0.3, -0.25) is 4.98 Å². The molecule has 1 aromatic heterocycles. The van der Waals surface area contributed by atoms with Crippen molar-refractivity contribution in [3.05, 3.63) is 47.9 Å². The summed E-state index contributed by atoms with van der Waals surface area (Å²) in [6.07, 6.45) is 2.85. The zero-order valence-electron chi connectivity index (χ0n) is 14.6. The smallest absolute Gasteiger partial charge is 0.358 e. The molecule has 1 unspecified atom stereocenters. The molecule has 0 saturated heterocycles. The summed E-state index contributed by atoms with van der Waals surface area (Å²) in [5.74, 6) is -1.19. The third-order valence-corrected chi connectivity index (χ3v) is 3.29. The number of carbonyl (C=O) groups is 2. The van der Waals surface area contributed by atoms with Gasteiger partial charge >= 0.3 is 11.9 Å². The first-order valence-corrected chi connectivity index (χ1v) is 7.71. The number of carbonyl (C=O) groups excluding carboxylic acids is 2. The maximum atomic E-state index is 12.3. The van der Waals surface area contributed by atoms with Crippen LogP contribution in [-0.2, 0) is 14.3 Å². The summed E-state index contributed by atoms with van der Waals surface area (Å²) in [5, 5.41) is 0. The van der Waals surface area contributed by atoms with E-state index in [1.165, 1.54) is 19.5 Å². The molecule has 0 aliphatic carbocycles. The van der Waals surface area contributed by atoms with Crippen LogP contribution in [0.25, 0.3) is 11.3 Å². The van der Waals surface area contributed by atoms with Crippen molar-refractivity contribution < 1.29 is 19.1 Å². The Morgan fingerprint density at radius 3 is 2.40 bits per heavy atom. The van der Waals surface area contributed by atoms with Gasteiger partial charge in [-0.1, -0.05) is 24.3 Å². The summed E-state index contributed by atoms with van der Waals surface area (Å²) >= 11 is 0. The molecule has 1 aromatic carbocycles. The van der Waals surface area contributed by atoms with E-state index in [0.717, 1.165) is 0 Å². The number of benzene rings is 1. The van der Waals surface area contributed by atoms with Crippen LogP contribution in [0.15, 0.2) is 36.7 Å². The normalized spacial score (nSPS) is 12.4. The highest BCUT2D eigenvalue weighted by Gasteiger charge is 2.27. The summed E-state index contributed by atoms with van der Waals surface area (Å²) < 4.78 is 10.1. The molecular formula is C18H21N3O4. The standard InChI is InChI=1S/C18H21N3O4/c1-18(2,3)25-16(22)13(19)11-7-5-6-8-12(11)14-15(17(23)24-4)21-10-9-20-14/h5-10,13H,19H2,1-4H3. The van der Waals surface area contributed by atoms with Gasteiger partial charge in [-0.2, -0.15) is 0 Å². The minimum Gasteiger partial charge on any atom is -0.464 e. The van der Waals surface area contributed by atoms with Crippen molar-refractivity contribution in [2.75, 3.05) is 7.11 Å². The lowest BCUT2D eigenvalue weighted by molar-refractivity contribution is -0.156. The summed E-state index contributed by atoms with van der Waals surface area (Å²) in [6.45, 7) is 5.30. The SMILES string of the molecule is COC(=O)c1nccnc1-c1ccccc1C(N)C(=O)OC(C)(C)C. The highest BCUT2D eigenvalue weighted by atomic mass is 16.6. The van der Waals surface area contributed by atoms with E-state index in [1.807, 2.05) is 0 Å². The molecule has 1 heterocycles. The van der Waals surface area contributed by atoms with Crippen LogP contribution in [0.1, 0.15) is 42.9 Å². The monoisotopic (exact) mass is 343 g/mol. The average molecular weight is 343 g/mol. The molecule has 1 atom stereocenters. The van der Waals surface area contributed by atoms with Crippen molar-refractivity contribution in [1.82, 2.24) is 9.97 Å². The summed E-state index contributed by atoms with van der Waals surface area (Å²) in [5.41, 5.74) is 6.80. The molecular weight excluding hydrogens is 322 g/mol. The lowest BCUT2D eigenvalue weighted by Crippen LogP contribution is -2.32. The first-order chi connectivity index (χ1) is 11.7. The van der Waals surface area contributed by atoms with Crippen molar-refractivity contribution >= 4 is 11.9 Å². The summed E-state index contributed by atoms with van der Waals surface area (Å²) in [4.78, 5) is 32.6. The van der Waals surface area contributed by atoms with Gasteiger partial charge in [0.2, 0.25) is 0 Å². The van der Waals surface area contributed by atoms with Crippen LogP contribution < -0.4 is 5.73 Å². The van der Waals surface area contributed by atoms with Crippen LogP contribution in [0.4, 0.5) is 0 Å². The van der Waals surface area contributed by atoms with Crippen LogP contribution in [0, 0.1) is 0 Å². The van der Waals surface area contributed by atoms with Crippen LogP contribution in [0.5, 0.6) is 0 Å². The lowest BCUT2D eigenvalue weighted by Gasteiger charge is -2.23. The first-order valence-electron chi connectivity index (χ1n) is 7.71. The fraction of sp³-hybridized carbons (Fsp3) is 0.333. The molecule has 7 heteroatoms. The zero-order valence-corrected chi connectivity index (χ0v) is 14.6. The quantitative estimate of drug-likeness (QED) is 0.849. The van der Waals surface area contributed by atoms with E-state index < -0.39 is 23.6 Å². The number of ether oxygens (including phenoxy) is 2. The van der Waals surface area contributed by atoms with Crippen LogP contribution in [-0.4, -0.2) is 34.6 Å². The fourth-order valence-electron chi connectivity index (χ4n) is 2.26. The van der Waals surface area contributed by atoms with E-state index in [2.05, 4.69) is 9.97 Å². The third-order valence-electron chi connectivity index (χ3n) is 3.29. The second-order valence-corrected chi connectivity index (χ2v) is 6.34. The van der Waals surface area contributed by atoms with E-state index in [9.17, 15) is 9.59 Å². The Labute approximate surface area is 146 Å². The molecule has 0 aliphatic rings. The van der Waals surface area contributed by atoms with Gasteiger partial charge in [0.15, 0.2) is 5.69 Å². The van der Waals surface area contributed by atoms with Crippen molar-refractivity contribution in [2.45, 2.75) is 32.4 Å². The summed E-state index contributed by atoms with van der Waals surface area (Å²) in [6, 6.07) is 5.89. The Morgan fingerprint density at radius 2 is 1.76 bits per heavy atom. The van der Waals surface area contributed by atoms with E-state index in [0.29, 0.717) is 16.8 Å². The second-order valence-electron chi connectivity index (χ2n) is 6.34. The molecule has 0 amide bonds. The molecule has 2 aromatic rings. The number of esters is 2. The van der Waals surface area contributed by atoms with Gasteiger partial charge in [0, 0.05) is 18.0 Å². The number of rotatable bonds is 4. The van der Waals surface area contributed by atoms with Gasteiger partial charge in [0.05, 0.1) is 7.11 Å². The number of nitrogens with two attached hydrogens (primary N) is 1. The van der Waals surface area contributed by atoms with Crippen LogP contribution >= 0.6 is 0 Å². The van der Waals surface area contributed by atoms with E-state index in [4.69, 9.17) is 15.2 Å². The highest BCUT2D eigenvalue weighted by molar-refractivity contribution is 5.95. The Balaban J connectivity index is 2.50. The Kier molecular flexibility index (Phi) is 5.48.